The Morgan fingerprint density at radius 1 is 0.542 bits per heavy atom. The fourth-order valence-corrected chi connectivity index (χ4v) is 2.83. The van der Waals surface area contributed by atoms with E-state index in [2.05, 4.69) is 0 Å². The lowest BCUT2D eigenvalue weighted by Gasteiger charge is -2.18. The van der Waals surface area contributed by atoms with Gasteiger partial charge in [0.25, 0.3) is 23.6 Å². The van der Waals surface area contributed by atoms with Gasteiger partial charge in [0.15, 0.2) is 0 Å². The smallest absolute Gasteiger partial charge is 0.268 e. The lowest BCUT2D eigenvalue weighted by molar-refractivity contribution is 0.0604. The van der Waals surface area contributed by atoms with Gasteiger partial charge in [-0.2, -0.15) is 9.80 Å². The Balaban J connectivity index is 1.74. The molecule has 0 fully saturated rings. The van der Waals surface area contributed by atoms with Crippen molar-refractivity contribution in [1.29, 1.82) is 0 Å². The molecule has 2 aromatic rings. The van der Waals surface area contributed by atoms with E-state index in [1.54, 1.807) is 24.3 Å². The van der Waals surface area contributed by atoms with E-state index in [0.717, 1.165) is 0 Å². The molecule has 0 aromatic heterocycles. The highest BCUT2D eigenvalue weighted by atomic mass is 16.2. The molecule has 7 nitrogen and oxygen atoms in total. The van der Waals surface area contributed by atoms with Crippen molar-refractivity contribution in [2.75, 3.05) is 0 Å². The molecule has 24 heavy (non-hydrogen) atoms. The number of hydrogen-bond acceptors (Lipinski definition) is 5. The van der Waals surface area contributed by atoms with Crippen LogP contribution in [0.25, 0.3) is 0 Å². The second-order valence-electron chi connectivity index (χ2n) is 5.27. The zero-order chi connectivity index (χ0) is 17.0. The van der Waals surface area contributed by atoms with Gasteiger partial charge in [-0.15, -0.1) is 0 Å². The highest BCUT2D eigenvalue weighted by molar-refractivity contribution is 6.35. The minimum atomic E-state index is -1.26. The van der Waals surface area contributed by atoms with Gasteiger partial charge in [0.1, 0.15) is 0 Å². The topological polar surface area (TPSA) is 91.8 Å². The quantitative estimate of drug-likeness (QED) is 0.689. The van der Waals surface area contributed by atoms with Crippen LogP contribution >= 0.6 is 0 Å². The number of carbonyl (C=O) groups is 5. The van der Waals surface area contributed by atoms with E-state index < -0.39 is 29.7 Å². The first kappa shape index (κ1) is 14.0. The van der Waals surface area contributed by atoms with Crippen LogP contribution in [0.2, 0.25) is 0 Å². The Morgan fingerprint density at radius 3 is 1.04 bits per heavy atom. The van der Waals surface area contributed by atoms with Gasteiger partial charge < -0.3 is 0 Å². The summed E-state index contributed by atoms with van der Waals surface area (Å²) >= 11 is 0. The zero-order valence-electron chi connectivity index (χ0n) is 12.1. The number of imide groups is 6. The maximum absolute atomic E-state index is 12.6. The molecule has 116 valence electrons. The molecule has 0 saturated heterocycles. The van der Waals surface area contributed by atoms with E-state index in [1.165, 1.54) is 24.3 Å². The van der Waals surface area contributed by atoms with E-state index >= 15 is 0 Å². The van der Waals surface area contributed by atoms with E-state index in [1.807, 2.05) is 0 Å². The standard InChI is InChI=1S/C17H8N2O5/c20-13-9-5-1-2-6-10(9)14(21)18(13)17(24)19-15(22)11-7-3-4-8-12(11)16(19)23/h1-8H. The van der Waals surface area contributed by atoms with Crippen LogP contribution in [-0.4, -0.2) is 39.5 Å². The molecule has 0 saturated carbocycles. The number of amides is 6. The summed E-state index contributed by atoms with van der Waals surface area (Å²) in [6.45, 7) is 0. The Kier molecular flexibility index (Phi) is 2.74. The Bertz CT molecular complexity index is 831. The molecule has 2 aliphatic heterocycles. The highest BCUT2D eigenvalue weighted by Crippen LogP contribution is 2.28. The van der Waals surface area contributed by atoms with Crippen molar-refractivity contribution in [3.8, 4) is 0 Å². The minimum Gasteiger partial charge on any atom is -0.268 e. The molecule has 0 unspecified atom stereocenters. The third kappa shape index (κ3) is 1.63. The number of hydrogen-bond donors (Lipinski definition) is 0. The van der Waals surface area contributed by atoms with Crippen LogP contribution in [0.1, 0.15) is 41.4 Å². The molecule has 2 heterocycles. The average molecular weight is 320 g/mol. The first-order valence-corrected chi connectivity index (χ1v) is 7.02. The summed E-state index contributed by atoms with van der Waals surface area (Å²) < 4.78 is 0. The molecule has 0 bridgehead atoms. The van der Waals surface area contributed by atoms with Crippen LogP contribution < -0.4 is 0 Å². The Labute approximate surface area is 135 Å². The van der Waals surface area contributed by atoms with Crippen molar-refractivity contribution in [3.63, 3.8) is 0 Å². The molecule has 6 amide bonds. The number of rotatable bonds is 0. The molecule has 4 rings (SSSR count). The first-order chi connectivity index (χ1) is 11.5. The summed E-state index contributed by atoms with van der Waals surface area (Å²) in [5.74, 6) is -3.40. The van der Waals surface area contributed by atoms with Crippen molar-refractivity contribution in [2.24, 2.45) is 0 Å². The maximum Gasteiger partial charge on any atom is 0.348 e. The molecule has 0 atom stereocenters. The molecule has 7 heteroatoms. The highest BCUT2D eigenvalue weighted by Gasteiger charge is 2.48. The van der Waals surface area contributed by atoms with Gasteiger partial charge in [-0.05, 0) is 24.3 Å². The van der Waals surface area contributed by atoms with Gasteiger partial charge in [0, 0.05) is 0 Å². The molecule has 0 radical (unpaired) electrons. The summed E-state index contributed by atoms with van der Waals surface area (Å²) in [5, 5.41) is 0. The first-order valence-electron chi connectivity index (χ1n) is 7.02. The lowest BCUT2D eigenvalue weighted by atomic mass is 10.1. The van der Waals surface area contributed by atoms with Gasteiger partial charge in [-0.25, -0.2) is 4.79 Å². The van der Waals surface area contributed by atoms with E-state index in [9.17, 15) is 24.0 Å². The summed E-state index contributed by atoms with van der Waals surface area (Å²) in [4.78, 5) is 62.6. The number of carbonyl (C=O) groups excluding carboxylic acids is 5. The minimum absolute atomic E-state index is 0.0625. The number of urea groups is 1. The van der Waals surface area contributed by atoms with Crippen LogP contribution in [0.5, 0.6) is 0 Å². The maximum atomic E-state index is 12.6. The Hall–Kier alpha value is -3.61. The monoisotopic (exact) mass is 320 g/mol. The largest absolute Gasteiger partial charge is 0.348 e. The molecular weight excluding hydrogens is 312 g/mol. The molecule has 0 aliphatic carbocycles. The van der Waals surface area contributed by atoms with Crippen LogP contribution in [0, 0.1) is 0 Å². The second-order valence-corrected chi connectivity index (χ2v) is 5.27. The molecule has 0 N–H and O–H groups in total. The van der Waals surface area contributed by atoms with Gasteiger partial charge in [-0.1, -0.05) is 24.3 Å². The van der Waals surface area contributed by atoms with Crippen LogP contribution in [0.15, 0.2) is 48.5 Å². The van der Waals surface area contributed by atoms with Gasteiger partial charge in [0.2, 0.25) is 0 Å². The van der Waals surface area contributed by atoms with Crippen LogP contribution in [0.4, 0.5) is 4.79 Å². The fraction of sp³-hybridized carbons (Fsp3) is 0. The van der Waals surface area contributed by atoms with Crippen molar-refractivity contribution in [3.05, 3.63) is 70.8 Å². The number of fused-ring (bicyclic) bond motifs is 2. The zero-order valence-corrected chi connectivity index (χ0v) is 12.1. The van der Waals surface area contributed by atoms with Crippen molar-refractivity contribution < 1.29 is 24.0 Å². The third-order valence-electron chi connectivity index (χ3n) is 3.97. The molecular formula is C17H8N2O5. The Morgan fingerprint density at radius 2 is 0.792 bits per heavy atom. The van der Waals surface area contributed by atoms with E-state index in [0.29, 0.717) is 9.80 Å². The van der Waals surface area contributed by atoms with Crippen molar-refractivity contribution >= 4 is 29.7 Å². The third-order valence-corrected chi connectivity index (χ3v) is 3.97. The van der Waals surface area contributed by atoms with Crippen molar-refractivity contribution in [1.82, 2.24) is 9.80 Å². The van der Waals surface area contributed by atoms with Gasteiger partial charge >= 0.3 is 6.03 Å². The van der Waals surface area contributed by atoms with E-state index in [-0.39, 0.29) is 22.3 Å². The summed E-state index contributed by atoms with van der Waals surface area (Å²) in [6.07, 6.45) is 0. The fourth-order valence-electron chi connectivity index (χ4n) is 2.83. The predicted molar refractivity (Wildman–Crippen MR) is 79.3 cm³/mol. The SMILES string of the molecule is O=C1c2ccccc2C(=O)N1C(=O)N1C(=O)c2ccccc2C1=O. The van der Waals surface area contributed by atoms with E-state index in [4.69, 9.17) is 0 Å². The summed E-state index contributed by atoms with van der Waals surface area (Å²) in [6, 6.07) is 10.6. The van der Waals surface area contributed by atoms with Crippen LogP contribution in [-0.2, 0) is 0 Å². The second kappa shape index (κ2) is 4.69. The lowest BCUT2D eigenvalue weighted by Crippen LogP contribution is -2.48. The molecule has 2 aliphatic rings. The van der Waals surface area contributed by atoms with Crippen LogP contribution in [0.3, 0.4) is 0 Å². The summed E-state index contributed by atoms with van der Waals surface area (Å²) in [5.41, 5.74) is 0.250. The number of nitrogens with zero attached hydrogens (tertiary/aromatic N) is 2. The molecule has 2 aromatic carbocycles. The molecule has 0 spiro atoms. The normalized spacial score (nSPS) is 15.8. The van der Waals surface area contributed by atoms with Crippen molar-refractivity contribution in [2.45, 2.75) is 0 Å². The van der Waals surface area contributed by atoms with Gasteiger partial charge in [0.05, 0.1) is 22.3 Å². The number of benzene rings is 2. The summed E-state index contributed by atoms with van der Waals surface area (Å²) in [7, 11) is 0. The predicted octanol–water partition coefficient (Wildman–Crippen LogP) is 1.70. The van der Waals surface area contributed by atoms with Gasteiger partial charge in [-0.3, -0.25) is 19.2 Å². The average Bonchev–Trinajstić information content (AvgIpc) is 3.00.